The van der Waals surface area contributed by atoms with Gasteiger partial charge in [-0.1, -0.05) is 15.9 Å². The van der Waals surface area contributed by atoms with Crippen molar-refractivity contribution in [2.24, 2.45) is 7.05 Å². The lowest BCUT2D eigenvalue weighted by atomic mass is 10.4. The fraction of sp³-hybridized carbons (Fsp3) is 0.200. The van der Waals surface area contributed by atoms with Crippen molar-refractivity contribution in [3.05, 3.63) is 29.0 Å². The Labute approximate surface area is 102 Å². The van der Waals surface area contributed by atoms with Gasteiger partial charge in [-0.05, 0) is 12.1 Å². The molecule has 0 aliphatic carbocycles. The Bertz CT molecular complexity index is 497. The number of halogens is 1. The maximum atomic E-state index is 5.18. The third kappa shape index (κ3) is 2.33. The summed E-state index contributed by atoms with van der Waals surface area (Å²) in [5.74, 6) is 2.05. The van der Waals surface area contributed by atoms with E-state index in [0.29, 0.717) is 17.4 Å². The van der Waals surface area contributed by atoms with E-state index < -0.39 is 0 Å². The molecule has 2 aromatic heterocycles. The molecular weight excluding hydrogens is 272 g/mol. The van der Waals surface area contributed by atoms with Crippen molar-refractivity contribution < 1.29 is 4.74 Å². The van der Waals surface area contributed by atoms with Gasteiger partial charge in [0, 0.05) is 17.7 Å². The number of hydrogen-bond donors (Lipinski definition) is 1. The van der Waals surface area contributed by atoms with Gasteiger partial charge in [-0.2, -0.15) is 5.10 Å². The Morgan fingerprint density at radius 3 is 3.00 bits per heavy atom. The normalized spacial score (nSPS) is 10.2. The Morgan fingerprint density at radius 2 is 2.31 bits per heavy atom. The van der Waals surface area contributed by atoms with Crippen LogP contribution in [-0.4, -0.2) is 21.9 Å². The zero-order valence-corrected chi connectivity index (χ0v) is 10.5. The van der Waals surface area contributed by atoms with Crippen molar-refractivity contribution in [1.29, 1.82) is 0 Å². The first-order valence-electron chi connectivity index (χ1n) is 4.65. The van der Waals surface area contributed by atoms with Gasteiger partial charge in [0.25, 0.3) is 0 Å². The molecule has 0 aliphatic rings. The maximum absolute atomic E-state index is 5.18. The van der Waals surface area contributed by atoms with E-state index in [-0.39, 0.29) is 0 Å². The minimum Gasteiger partial charge on any atom is -0.491 e. The van der Waals surface area contributed by atoms with Gasteiger partial charge in [0.2, 0.25) is 0 Å². The molecular formula is C10H11BrN4O. The predicted octanol–water partition coefficient (Wildman–Crippen LogP) is 2.33. The second kappa shape index (κ2) is 4.52. The number of aromatic nitrogens is 3. The van der Waals surface area contributed by atoms with Crippen LogP contribution < -0.4 is 10.1 Å². The Kier molecular flexibility index (Phi) is 3.09. The molecule has 0 bridgehead atoms. The fourth-order valence-electron chi connectivity index (χ4n) is 1.30. The van der Waals surface area contributed by atoms with E-state index in [1.807, 2.05) is 19.2 Å². The van der Waals surface area contributed by atoms with Gasteiger partial charge in [0.05, 0.1) is 13.3 Å². The van der Waals surface area contributed by atoms with E-state index >= 15 is 0 Å². The lowest BCUT2D eigenvalue weighted by molar-refractivity contribution is 0.416. The zero-order chi connectivity index (χ0) is 11.5. The van der Waals surface area contributed by atoms with E-state index in [4.69, 9.17) is 4.74 Å². The number of hydrogen-bond acceptors (Lipinski definition) is 4. The second-order valence-corrected chi connectivity index (χ2v) is 4.12. The lowest BCUT2D eigenvalue weighted by Crippen LogP contribution is -1.96. The first-order valence-corrected chi connectivity index (χ1v) is 5.44. The molecule has 5 nitrogen and oxygen atoms in total. The lowest BCUT2D eigenvalue weighted by Gasteiger charge is -2.04. The molecule has 0 amide bonds. The number of rotatable bonds is 3. The van der Waals surface area contributed by atoms with Crippen molar-refractivity contribution in [3.8, 4) is 5.75 Å². The molecule has 6 heteroatoms. The number of aryl methyl sites for hydroxylation is 1. The monoisotopic (exact) mass is 282 g/mol. The average molecular weight is 283 g/mol. The molecule has 0 radical (unpaired) electrons. The van der Waals surface area contributed by atoms with Gasteiger partial charge < -0.3 is 10.1 Å². The first kappa shape index (κ1) is 10.9. The summed E-state index contributed by atoms with van der Waals surface area (Å²) in [6, 6.07) is 3.73. The molecule has 0 unspecified atom stereocenters. The summed E-state index contributed by atoms with van der Waals surface area (Å²) in [6.07, 6.45) is 3.50. The molecule has 2 heterocycles. The average Bonchev–Trinajstić information content (AvgIpc) is 2.59. The molecule has 0 saturated heterocycles. The summed E-state index contributed by atoms with van der Waals surface area (Å²) < 4.78 is 7.82. The van der Waals surface area contributed by atoms with E-state index in [1.54, 1.807) is 24.2 Å². The highest BCUT2D eigenvalue weighted by Crippen LogP contribution is 2.25. The van der Waals surface area contributed by atoms with Gasteiger partial charge in [-0.3, -0.25) is 4.68 Å². The van der Waals surface area contributed by atoms with Gasteiger partial charge >= 0.3 is 0 Å². The number of anilines is 2. The van der Waals surface area contributed by atoms with Gasteiger partial charge in [0.15, 0.2) is 11.6 Å². The van der Waals surface area contributed by atoms with E-state index in [0.717, 1.165) is 4.47 Å². The molecule has 2 aromatic rings. The molecule has 0 saturated carbocycles. The van der Waals surface area contributed by atoms with E-state index in [9.17, 15) is 0 Å². The fourth-order valence-corrected chi connectivity index (χ4v) is 1.63. The molecule has 0 fully saturated rings. The number of methoxy groups -OCH3 is 1. The molecule has 0 aliphatic heterocycles. The summed E-state index contributed by atoms with van der Waals surface area (Å²) in [4.78, 5) is 4.17. The minimum absolute atomic E-state index is 0.649. The van der Waals surface area contributed by atoms with Crippen LogP contribution in [0.15, 0.2) is 29.0 Å². The van der Waals surface area contributed by atoms with Crippen LogP contribution in [0.1, 0.15) is 0 Å². The zero-order valence-electron chi connectivity index (χ0n) is 8.94. The van der Waals surface area contributed by atoms with Crippen molar-refractivity contribution in [2.45, 2.75) is 0 Å². The second-order valence-electron chi connectivity index (χ2n) is 3.20. The highest BCUT2D eigenvalue weighted by Gasteiger charge is 2.08. The van der Waals surface area contributed by atoms with Crippen LogP contribution >= 0.6 is 15.9 Å². The van der Waals surface area contributed by atoms with Crippen LogP contribution in [0.25, 0.3) is 0 Å². The van der Waals surface area contributed by atoms with Gasteiger partial charge in [0.1, 0.15) is 5.82 Å². The van der Waals surface area contributed by atoms with Crippen molar-refractivity contribution in [2.75, 3.05) is 12.4 Å². The van der Waals surface area contributed by atoms with E-state index in [2.05, 4.69) is 31.3 Å². The van der Waals surface area contributed by atoms with Crippen LogP contribution in [0, 0.1) is 0 Å². The van der Waals surface area contributed by atoms with Crippen LogP contribution in [0.5, 0.6) is 5.75 Å². The molecule has 0 aromatic carbocycles. The van der Waals surface area contributed by atoms with E-state index in [1.165, 1.54) is 0 Å². The van der Waals surface area contributed by atoms with Gasteiger partial charge in [-0.15, -0.1) is 0 Å². The molecule has 1 N–H and O–H groups in total. The summed E-state index contributed by atoms with van der Waals surface area (Å²) in [6.45, 7) is 0. The Hall–Kier alpha value is -1.56. The number of ether oxygens (including phenoxy) is 1. The highest BCUT2D eigenvalue weighted by atomic mass is 79.9. The quantitative estimate of drug-likeness (QED) is 0.939. The maximum Gasteiger partial charge on any atom is 0.196 e. The molecule has 0 spiro atoms. The van der Waals surface area contributed by atoms with Crippen molar-refractivity contribution in [1.82, 2.24) is 14.8 Å². The third-order valence-corrected chi connectivity index (χ3v) is 2.48. The van der Waals surface area contributed by atoms with Crippen molar-refractivity contribution in [3.63, 3.8) is 0 Å². The summed E-state index contributed by atoms with van der Waals surface area (Å²) in [7, 11) is 3.44. The SMILES string of the molecule is COc1cn(C)nc1Nc1cc(Br)ccn1. The van der Waals surface area contributed by atoms with Gasteiger partial charge in [-0.25, -0.2) is 4.98 Å². The first-order chi connectivity index (χ1) is 7.69. The number of pyridine rings is 1. The van der Waals surface area contributed by atoms with Crippen LogP contribution in [0.3, 0.4) is 0 Å². The number of nitrogens with zero attached hydrogens (tertiary/aromatic N) is 3. The van der Waals surface area contributed by atoms with Crippen LogP contribution in [0.4, 0.5) is 11.6 Å². The minimum atomic E-state index is 0.649. The van der Waals surface area contributed by atoms with Crippen molar-refractivity contribution >= 4 is 27.6 Å². The molecule has 2 rings (SSSR count). The van der Waals surface area contributed by atoms with Crippen LogP contribution in [-0.2, 0) is 7.05 Å². The Morgan fingerprint density at radius 1 is 1.50 bits per heavy atom. The smallest absolute Gasteiger partial charge is 0.196 e. The molecule has 0 atom stereocenters. The Balaban J connectivity index is 2.26. The summed E-state index contributed by atoms with van der Waals surface area (Å²) in [5.41, 5.74) is 0. The molecule has 84 valence electrons. The largest absolute Gasteiger partial charge is 0.491 e. The predicted molar refractivity (Wildman–Crippen MR) is 65.0 cm³/mol. The highest BCUT2D eigenvalue weighted by molar-refractivity contribution is 9.10. The third-order valence-electron chi connectivity index (χ3n) is 1.98. The standard InChI is InChI=1S/C10H11BrN4O/c1-15-6-8(16-2)10(14-15)13-9-5-7(11)3-4-12-9/h3-6H,1-2H3,(H,12,13,14). The summed E-state index contributed by atoms with van der Waals surface area (Å²) in [5, 5.41) is 7.32. The number of nitrogens with one attached hydrogen (secondary N) is 1. The van der Waals surface area contributed by atoms with Crippen LogP contribution in [0.2, 0.25) is 0 Å². The molecule has 16 heavy (non-hydrogen) atoms. The topological polar surface area (TPSA) is 52.0 Å². The summed E-state index contributed by atoms with van der Waals surface area (Å²) >= 11 is 3.38.